The summed E-state index contributed by atoms with van der Waals surface area (Å²) in [5, 5.41) is 1.64. The van der Waals surface area contributed by atoms with Crippen LogP contribution in [0.4, 0.5) is 8.78 Å². The second-order valence-corrected chi connectivity index (χ2v) is 6.83. The minimum absolute atomic E-state index is 0.0986. The monoisotopic (exact) mass is 303 g/mol. The first-order valence-corrected chi connectivity index (χ1v) is 7.77. The molecule has 0 spiro atoms. The second kappa shape index (κ2) is 5.36. The van der Waals surface area contributed by atoms with Crippen LogP contribution in [0.15, 0.2) is 39.9 Å². The first-order chi connectivity index (χ1) is 8.90. The average molecular weight is 303 g/mol. The highest BCUT2D eigenvalue weighted by molar-refractivity contribution is 7.91. The summed E-state index contributed by atoms with van der Waals surface area (Å²) in [5.74, 6) is -1.48. The van der Waals surface area contributed by atoms with Gasteiger partial charge in [0.25, 0.3) is 10.0 Å². The maximum atomic E-state index is 13.5. The van der Waals surface area contributed by atoms with Gasteiger partial charge in [0, 0.05) is 17.7 Å². The van der Waals surface area contributed by atoms with Gasteiger partial charge >= 0.3 is 0 Å². The van der Waals surface area contributed by atoms with Gasteiger partial charge in [0.1, 0.15) is 15.8 Å². The van der Waals surface area contributed by atoms with Crippen molar-refractivity contribution in [3.63, 3.8) is 0 Å². The van der Waals surface area contributed by atoms with Crippen molar-refractivity contribution in [3.05, 3.63) is 52.9 Å². The van der Waals surface area contributed by atoms with Gasteiger partial charge in [-0.05, 0) is 24.4 Å². The summed E-state index contributed by atoms with van der Waals surface area (Å²) in [7, 11) is -3.68. The normalized spacial score (nSPS) is 13.4. The van der Waals surface area contributed by atoms with Gasteiger partial charge in [-0.1, -0.05) is 12.1 Å². The van der Waals surface area contributed by atoms with Gasteiger partial charge in [-0.3, -0.25) is 0 Å². The Bertz CT molecular complexity index is 669. The molecule has 19 heavy (non-hydrogen) atoms. The van der Waals surface area contributed by atoms with Crippen LogP contribution < -0.4 is 4.72 Å². The number of hydrogen-bond acceptors (Lipinski definition) is 3. The minimum atomic E-state index is -3.68. The number of halogens is 2. The van der Waals surface area contributed by atoms with Crippen LogP contribution in [-0.2, 0) is 10.0 Å². The molecular weight excluding hydrogens is 292 g/mol. The maximum Gasteiger partial charge on any atom is 0.250 e. The molecule has 0 unspecified atom stereocenters. The van der Waals surface area contributed by atoms with Crippen molar-refractivity contribution in [3.8, 4) is 0 Å². The molecule has 0 saturated heterocycles. The molecule has 0 radical (unpaired) electrons. The molecule has 102 valence electrons. The number of sulfonamides is 1. The van der Waals surface area contributed by atoms with Gasteiger partial charge in [-0.2, -0.15) is 0 Å². The van der Waals surface area contributed by atoms with E-state index in [1.54, 1.807) is 11.4 Å². The molecule has 1 aromatic heterocycles. The molecule has 1 N–H and O–H groups in total. The fourth-order valence-corrected chi connectivity index (χ4v) is 3.86. The average Bonchev–Trinajstić information content (AvgIpc) is 2.81. The molecule has 3 nitrogen and oxygen atoms in total. The van der Waals surface area contributed by atoms with Gasteiger partial charge in [0.2, 0.25) is 0 Å². The molecule has 2 rings (SSSR count). The molecule has 1 aromatic carbocycles. The lowest BCUT2D eigenvalue weighted by Gasteiger charge is -2.14. The van der Waals surface area contributed by atoms with Crippen molar-refractivity contribution < 1.29 is 17.2 Å². The van der Waals surface area contributed by atoms with Crippen LogP contribution in [0.3, 0.4) is 0 Å². The van der Waals surface area contributed by atoms with Crippen molar-refractivity contribution >= 4 is 21.4 Å². The molecular formula is C12H11F2NO2S2. The Morgan fingerprint density at radius 3 is 2.58 bits per heavy atom. The molecule has 0 bridgehead atoms. The summed E-state index contributed by atoms with van der Waals surface area (Å²) in [6.07, 6.45) is 0. The standard InChI is InChI=1S/C12H11F2NO2S2/c1-8(10-5-4-9(13)7-11(10)14)15-19(16,17)12-3-2-6-18-12/h2-8,15H,1H3/t8-/m1/s1. The predicted octanol–water partition coefficient (Wildman–Crippen LogP) is 3.07. The molecule has 0 aliphatic rings. The van der Waals surface area contributed by atoms with E-state index in [4.69, 9.17) is 0 Å². The van der Waals surface area contributed by atoms with Crippen molar-refractivity contribution in [2.24, 2.45) is 0 Å². The van der Waals surface area contributed by atoms with Crippen LogP contribution in [0.1, 0.15) is 18.5 Å². The van der Waals surface area contributed by atoms with Crippen LogP contribution in [-0.4, -0.2) is 8.42 Å². The molecule has 1 atom stereocenters. The molecule has 0 aliphatic heterocycles. The topological polar surface area (TPSA) is 46.2 Å². The van der Waals surface area contributed by atoms with Gasteiger partial charge in [0.05, 0.1) is 0 Å². The van der Waals surface area contributed by atoms with Gasteiger partial charge < -0.3 is 0 Å². The smallest absolute Gasteiger partial charge is 0.207 e. The highest BCUT2D eigenvalue weighted by Gasteiger charge is 2.21. The molecule has 1 heterocycles. The Labute approximate surface area is 114 Å². The number of thiophene rings is 1. The third-order valence-electron chi connectivity index (χ3n) is 2.52. The van der Waals surface area contributed by atoms with Crippen molar-refractivity contribution in [1.29, 1.82) is 0 Å². The second-order valence-electron chi connectivity index (χ2n) is 3.94. The molecule has 0 aliphatic carbocycles. The van der Waals surface area contributed by atoms with E-state index in [2.05, 4.69) is 4.72 Å². The summed E-state index contributed by atoms with van der Waals surface area (Å²) in [4.78, 5) is 0. The lowest BCUT2D eigenvalue weighted by molar-refractivity contribution is 0.541. The number of nitrogens with one attached hydrogen (secondary N) is 1. The maximum absolute atomic E-state index is 13.5. The van der Waals surface area contributed by atoms with Crippen molar-refractivity contribution in [2.45, 2.75) is 17.2 Å². The Hall–Kier alpha value is -1.31. The summed E-state index contributed by atoms with van der Waals surface area (Å²) in [6.45, 7) is 1.50. The quantitative estimate of drug-likeness (QED) is 0.943. The summed E-state index contributed by atoms with van der Waals surface area (Å²) >= 11 is 1.07. The Morgan fingerprint density at radius 1 is 1.26 bits per heavy atom. The zero-order chi connectivity index (χ0) is 14.0. The van der Waals surface area contributed by atoms with Gasteiger partial charge in [-0.15, -0.1) is 11.3 Å². The lowest BCUT2D eigenvalue weighted by Crippen LogP contribution is -2.26. The van der Waals surface area contributed by atoms with E-state index in [0.717, 1.165) is 23.5 Å². The molecule has 0 fully saturated rings. The zero-order valence-electron chi connectivity index (χ0n) is 9.93. The van der Waals surface area contributed by atoms with E-state index in [1.807, 2.05) is 0 Å². The minimum Gasteiger partial charge on any atom is -0.207 e. The van der Waals surface area contributed by atoms with E-state index in [1.165, 1.54) is 19.1 Å². The number of rotatable bonds is 4. The van der Waals surface area contributed by atoms with Gasteiger partial charge in [-0.25, -0.2) is 21.9 Å². The first-order valence-electron chi connectivity index (χ1n) is 5.41. The van der Waals surface area contributed by atoms with E-state index in [0.29, 0.717) is 0 Å². The van der Waals surface area contributed by atoms with E-state index >= 15 is 0 Å². The Morgan fingerprint density at radius 2 is 2.00 bits per heavy atom. The largest absolute Gasteiger partial charge is 0.250 e. The number of hydrogen-bond donors (Lipinski definition) is 1. The fourth-order valence-electron chi connectivity index (χ4n) is 1.62. The van der Waals surface area contributed by atoms with E-state index in [9.17, 15) is 17.2 Å². The first kappa shape index (κ1) is 14.1. The fraction of sp³-hybridized carbons (Fsp3) is 0.167. The van der Waals surface area contributed by atoms with E-state index < -0.39 is 27.7 Å². The van der Waals surface area contributed by atoms with Crippen molar-refractivity contribution in [1.82, 2.24) is 4.72 Å². The van der Waals surface area contributed by atoms with Crippen LogP contribution >= 0.6 is 11.3 Å². The highest BCUT2D eigenvalue weighted by Crippen LogP contribution is 2.22. The third-order valence-corrected chi connectivity index (χ3v) is 5.46. The SMILES string of the molecule is C[C@@H](NS(=O)(=O)c1cccs1)c1ccc(F)cc1F. The van der Waals surface area contributed by atoms with Crippen LogP contribution in [0, 0.1) is 11.6 Å². The zero-order valence-corrected chi connectivity index (χ0v) is 11.6. The lowest BCUT2D eigenvalue weighted by atomic mass is 10.1. The summed E-state index contributed by atoms with van der Waals surface area (Å²) < 4.78 is 52.8. The van der Waals surface area contributed by atoms with Gasteiger partial charge in [0.15, 0.2) is 0 Å². The van der Waals surface area contributed by atoms with Crippen LogP contribution in [0.2, 0.25) is 0 Å². The molecule has 7 heteroatoms. The van der Waals surface area contributed by atoms with Crippen LogP contribution in [0.5, 0.6) is 0 Å². The third kappa shape index (κ3) is 3.17. The Kier molecular flexibility index (Phi) is 3.98. The van der Waals surface area contributed by atoms with Crippen LogP contribution in [0.25, 0.3) is 0 Å². The summed E-state index contributed by atoms with van der Waals surface area (Å²) in [5.41, 5.74) is 0.0986. The van der Waals surface area contributed by atoms with Crippen molar-refractivity contribution in [2.75, 3.05) is 0 Å². The highest BCUT2D eigenvalue weighted by atomic mass is 32.2. The Balaban J connectivity index is 2.24. The number of benzene rings is 1. The molecule has 2 aromatic rings. The van der Waals surface area contributed by atoms with E-state index in [-0.39, 0.29) is 9.77 Å². The molecule has 0 amide bonds. The predicted molar refractivity (Wildman–Crippen MR) is 69.4 cm³/mol. The summed E-state index contributed by atoms with van der Waals surface area (Å²) in [6, 6.07) is 5.34. The molecule has 0 saturated carbocycles.